The lowest BCUT2D eigenvalue weighted by molar-refractivity contribution is 0.100. The highest BCUT2D eigenvalue weighted by Gasteiger charge is 2.49. The first-order valence-corrected chi connectivity index (χ1v) is 12.5. The van der Waals surface area contributed by atoms with E-state index >= 15 is 0 Å². The van der Waals surface area contributed by atoms with Crippen LogP contribution in [0.15, 0.2) is 47.5 Å². The molecule has 0 saturated carbocycles. The molecule has 2 aromatic rings. The van der Waals surface area contributed by atoms with E-state index in [0.29, 0.717) is 41.2 Å². The van der Waals surface area contributed by atoms with Crippen molar-refractivity contribution >= 4 is 38.4 Å². The smallest absolute Gasteiger partial charge is 0.279 e. The van der Waals surface area contributed by atoms with Gasteiger partial charge < -0.3 is 19.1 Å². The van der Waals surface area contributed by atoms with Crippen molar-refractivity contribution in [2.24, 2.45) is 4.99 Å². The molecule has 3 aliphatic heterocycles. The number of carbonyl (C=O) groups excluding carboxylic acids is 1. The number of benzene rings is 2. The summed E-state index contributed by atoms with van der Waals surface area (Å²) in [5.74, 6) is 1.59. The number of aliphatic imine (C=N–C) groups is 1. The minimum Gasteiger partial charge on any atom is -0.497 e. The molecule has 10 heteroatoms. The monoisotopic (exact) mass is 460 g/mol. The average Bonchev–Trinajstić information content (AvgIpc) is 3.24. The molecule has 0 bridgehead atoms. The van der Waals surface area contributed by atoms with Crippen LogP contribution in [0.2, 0.25) is 0 Å². The van der Waals surface area contributed by atoms with Gasteiger partial charge in [-0.3, -0.25) is 4.79 Å². The van der Waals surface area contributed by atoms with Gasteiger partial charge >= 0.3 is 0 Å². The molecule has 3 aliphatic rings. The number of hydrogen-bond acceptors (Lipinski definition) is 7. The Balaban J connectivity index is 1.51. The molecule has 2 fully saturated rings. The molecule has 31 heavy (non-hydrogen) atoms. The van der Waals surface area contributed by atoms with Gasteiger partial charge in [-0.05, 0) is 36.4 Å². The number of carbonyl (C=O) groups is 1. The average molecular weight is 461 g/mol. The van der Waals surface area contributed by atoms with E-state index < -0.39 is 15.7 Å². The van der Waals surface area contributed by atoms with Gasteiger partial charge in [-0.1, -0.05) is 11.8 Å². The summed E-state index contributed by atoms with van der Waals surface area (Å²) in [7, 11) is -1.59. The van der Waals surface area contributed by atoms with E-state index in [1.807, 2.05) is 17.0 Å². The second-order valence-corrected chi connectivity index (χ2v) is 10.8. The first-order valence-electron chi connectivity index (χ1n) is 9.76. The van der Waals surface area contributed by atoms with Gasteiger partial charge in [-0.25, -0.2) is 8.42 Å². The Kier molecular flexibility index (Phi) is 5.05. The van der Waals surface area contributed by atoms with E-state index in [9.17, 15) is 13.2 Å². The molecule has 2 aromatic carbocycles. The third-order valence-electron chi connectivity index (χ3n) is 5.40. The summed E-state index contributed by atoms with van der Waals surface area (Å²) < 4.78 is 40.9. The fourth-order valence-electron chi connectivity index (χ4n) is 3.93. The SMILES string of the molecule is COc1ccc(C(=O)N=C2S[C@H]3CS(=O)(=O)C[C@H]3N2c2ccc3c(c2)OCCO3)cc1. The fourth-order valence-corrected chi connectivity index (χ4v) is 7.85. The normalized spacial score (nSPS) is 24.8. The summed E-state index contributed by atoms with van der Waals surface area (Å²) in [6.07, 6.45) is 0. The van der Waals surface area contributed by atoms with Crippen molar-refractivity contribution in [1.82, 2.24) is 0 Å². The van der Waals surface area contributed by atoms with Crippen molar-refractivity contribution in [2.45, 2.75) is 11.3 Å². The van der Waals surface area contributed by atoms with E-state index in [1.165, 1.54) is 11.8 Å². The molecular formula is C21H20N2O6S2. The number of sulfone groups is 1. The Hall–Kier alpha value is -2.72. The van der Waals surface area contributed by atoms with Crippen LogP contribution < -0.4 is 19.1 Å². The maximum Gasteiger partial charge on any atom is 0.279 e. The molecule has 3 heterocycles. The van der Waals surface area contributed by atoms with Crippen molar-refractivity contribution in [3.63, 3.8) is 0 Å². The Bertz CT molecular complexity index is 1160. The number of rotatable bonds is 3. The van der Waals surface area contributed by atoms with Gasteiger partial charge in [0.15, 0.2) is 26.5 Å². The lowest BCUT2D eigenvalue weighted by atomic mass is 10.2. The molecule has 2 saturated heterocycles. The van der Waals surface area contributed by atoms with Crippen molar-refractivity contribution in [3.8, 4) is 17.2 Å². The first kappa shape index (κ1) is 20.2. The number of fused-ring (bicyclic) bond motifs is 2. The van der Waals surface area contributed by atoms with Gasteiger partial charge in [-0.15, -0.1) is 0 Å². The Morgan fingerprint density at radius 3 is 2.58 bits per heavy atom. The molecule has 0 aliphatic carbocycles. The number of hydrogen-bond donors (Lipinski definition) is 0. The van der Waals surface area contributed by atoms with Gasteiger partial charge in [-0.2, -0.15) is 4.99 Å². The summed E-state index contributed by atoms with van der Waals surface area (Å²) in [4.78, 5) is 19.0. The number of amidine groups is 1. The highest BCUT2D eigenvalue weighted by Crippen LogP contribution is 2.43. The number of anilines is 1. The van der Waals surface area contributed by atoms with Crippen LogP contribution in [-0.2, 0) is 9.84 Å². The van der Waals surface area contributed by atoms with Gasteiger partial charge in [0.2, 0.25) is 0 Å². The molecule has 162 valence electrons. The first-order chi connectivity index (χ1) is 14.9. The minimum atomic E-state index is -3.15. The largest absolute Gasteiger partial charge is 0.497 e. The van der Waals surface area contributed by atoms with Crippen LogP contribution in [0.25, 0.3) is 0 Å². The second-order valence-electron chi connectivity index (χ2n) is 7.43. The highest BCUT2D eigenvalue weighted by molar-refractivity contribution is 8.16. The summed E-state index contributed by atoms with van der Waals surface area (Å²) in [5, 5.41) is 0.308. The number of thioether (sulfide) groups is 1. The van der Waals surface area contributed by atoms with Gasteiger partial charge in [0.25, 0.3) is 5.91 Å². The molecule has 8 nitrogen and oxygen atoms in total. The van der Waals surface area contributed by atoms with Crippen LogP contribution in [-0.4, -0.2) is 62.6 Å². The van der Waals surface area contributed by atoms with Crippen LogP contribution in [0.5, 0.6) is 17.2 Å². The maximum atomic E-state index is 12.8. The summed E-state index contributed by atoms with van der Waals surface area (Å²) in [6, 6.07) is 11.9. The molecule has 0 unspecified atom stereocenters. The lowest BCUT2D eigenvalue weighted by Gasteiger charge is -2.26. The van der Waals surface area contributed by atoms with E-state index in [4.69, 9.17) is 14.2 Å². The van der Waals surface area contributed by atoms with Crippen molar-refractivity contribution in [3.05, 3.63) is 48.0 Å². The Morgan fingerprint density at radius 1 is 1.10 bits per heavy atom. The predicted octanol–water partition coefficient (Wildman–Crippen LogP) is 2.38. The predicted molar refractivity (Wildman–Crippen MR) is 118 cm³/mol. The van der Waals surface area contributed by atoms with Crippen LogP contribution in [0.3, 0.4) is 0 Å². The van der Waals surface area contributed by atoms with Crippen LogP contribution in [0.4, 0.5) is 5.69 Å². The topological polar surface area (TPSA) is 94.5 Å². The van der Waals surface area contributed by atoms with Crippen molar-refractivity contribution < 1.29 is 27.4 Å². The molecule has 5 rings (SSSR count). The number of ether oxygens (including phenoxy) is 3. The number of methoxy groups -OCH3 is 1. The van der Waals surface area contributed by atoms with Crippen molar-refractivity contribution in [2.75, 3.05) is 36.7 Å². The molecule has 2 atom stereocenters. The molecule has 1 amide bonds. The van der Waals surface area contributed by atoms with Gasteiger partial charge in [0.1, 0.15) is 19.0 Å². The van der Waals surface area contributed by atoms with E-state index in [-0.39, 0.29) is 22.8 Å². The fraction of sp³-hybridized carbons (Fsp3) is 0.333. The number of amides is 1. The van der Waals surface area contributed by atoms with Crippen molar-refractivity contribution in [1.29, 1.82) is 0 Å². The molecule has 0 aromatic heterocycles. The highest BCUT2D eigenvalue weighted by atomic mass is 32.2. The Morgan fingerprint density at radius 2 is 1.84 bits per heavy atom. The van der Waals surface area contributed by atoms with E-state index in [1.54, 1.807) is 37.4 Å². The minimum absolute atomic E-state index is 0.0227. The third kappa shape index (κ3) is 3.85. The quantitative estimate of drug-likeness (QED) is 0.689. The Labute approximate surface area is 184 Å². The summed E-state index contributed by atoms with van der Waals surface area (Å²) in [5.41, 5.74) is 1.16. The zero-order valence-corrected chi connectivity index (χ0v) is 18.3. The zero-order valence-electron chi connectivity index (χ0n) is 16.7. The molecular weight excluding hydrogens is 440 g/mol. The molecule has 0 N–H and O–H groups in total. The van der Waals surface area contributed by atoms with Crippen LogP contribution in [0.1, 0.15) is 10.4 Å². The van der Waals surface area contributed by atoms with Crippen LogP contribution >= 0.6 is 11.8 Å². The standard InChI is InChI=1S/C21H20N2O6S2/c1-27-15-5-2-13(3-6-15)20(24)22-21-23(16-11-31(25,26)12-19(16)30-21)14-4-7-17-18(10-14)29-9-8-28-17/h2-7,10,16,19H,8-9,11-12H2,1H3/t16-,19+/m1/s1. The molecule has 0 spiro atoms. The third-order valence-corrected chi connectivity index (χ3v) is 8.61. The second kappa shape index (κ2) is 7.76. The maximum absolute atomic E-state index is 12.8. The molecule has 0 radical (unpaired) electrons. The zero-order chi connectivity index (χ0) is 21.6. The number of nitrogens with zero attached hydrogens (tertiary/aromatic N) is 2. The lowest BCUT2D eigenvalue weighted by Crippen LogP contribution is -2.37. The van der Waals surface area contributed by atoms with E-state index in [0.717, 1.165) is 5.69 Å². The summed E-state index contributed by atoms with van der Waals surface area (Å²) in [6.45, 7) is 0.931. The van der Waals surface area contributed by atoms with Gasteiger partial charge in [0.05, 0.1) is 24.7 Å². The van der Waals surface area contributed by atoms with Gasteiger partial charge in [0, 0.05) is 22.6 Å². The van der Waals surface area contributed by atoms with E-state index in [2.05, 4.69) is 4.99 Å². The van der Waals surface area contributed by atoms with Crippen LogP contribution in [0, 0.1) is 0 Å². The summed E-state index contributed by atoms with van der Waals surface area (Å²) >= 11 is 1.33.